The number of amides is 1. The van der Waals surface area contributed by atoms with E-state index in [1.807, 2.05) is 48.9 Å². The molecular formula is C15H23N5OS. The number of hydrogen-bond acceptors (Lipinski definition) is 5. The Balaban J connectivity index is 2.24. The zero-order valence-corrected chi connectivity index (χ0v) is 14.0. The highest BCUT2D eigenvalue weighted by Crippen LogP contribution is 2.19. The van der Waals surface area contributed by atoms with Crippen LogP contribution in [-0.2, 0) is 4.79 Å². The van der Waals surface area contributed by atoms with Gasteiger partial charge in [-0.15, -0.1) is 10.2 Å². The molecule has 0 saturated carbocycles. The molecule has 0 aliphatic rings. The molecule has 22 heavy (non-hydrogen) atoms. The van der Waals surface area contributed by atoms with Gasteiger partial charge in [-0.1, -0.05) is 13.0 Å². The van der Waals surface area contributed by atoms with E-state index in [1.54, 1.807) is 11.8 Å². The predicted octanol–water partition coefficient (Wildman–Crippen LogP) is 1.62. The van der Waals surface area contributed by atoms with Crippen molar-refractivity contribution in [3.63, 3.8) is 0 Å². The molecule has 6 nitrogen and oxygen atoms in total. The van der Waals surface area contributed by atoms with Crippen LogP contribution in [0.2, 0.25) is 0 Å². The summed E-state index contributed by atoms with van der Waals surface area (Å²) in [6.07, 6.45) is 4.76. The molecule has 2 aromatic rings. The van der Waals surface area contributed by atoms with Gasteiger partial charge in [0, 0.05) is 18.2 Å². The molecule has 120 valence electrons. The number of rotatable bonds is 7. The Morgan fingerprint density at radius 2 is 2.18 bits per heavy atom. The van der Waals surface area contributed by atoms with Gasteiger partial charge in [0.25, 0.3) is 0 Å². The molecule has 0 saturated heterocycles. The van der Waals surface area contributed by atoms with Crippen molar-refractivity contribution in [3.8, 4) is 0 Å². The lowest BCUT2D eigenvalue weighted by molar-refractivity contribution is -0.125. The lowest BCUT2D eigenvalue weighted by Crippen LogP contribution is -2.40. The number of hydrogen-bond donors (Lipinski definition) is 2. The lowest BCUT2D eigenvalue weighted by Gasteiger charge is -2.21. The smallest absolute Gasteiger partial charge is 0.224 e. The molecule has 2 aromatic heterocycles. The van der Waals surface area contributed by atoms with Gasteiger partial charge < -0.3 is 11.1 Å². The standard InChI is InChI=1S/C15H23N5OS/c1-10(11(2)16)15(21)17-12(7-9-22-3)14-19-18-13-6-4-5-8-20(13)14/h4-6,8,10-12H,7,9,16H2,1-3H3,(H,17,21). The average molecular weight is 321 g/mol. The summed E-state index contributed by atoms with van der Waals surface area (Å²) in [5.41, 5.74) is 6.60. The van der Waals surface area contributed by atoms with Crippen molar-refractivity contribution in [2.24, 2.45) is 11.7 Å². The highest BCUT2D eigenvalue weighted by Gasteiger charge is 2.24. The number of carbonyl (C=O) groups is 1. The maximum atomic E-state index is 12.3. The molecule has 0 fully saturated rings. The number of nitrogens with two attached hydrogens (primary N) is 1. The van der Waals surface area contributed by atoms with E-state index in [2.05, 4.69) is 15.5 Å². The van der Waals surface area contributed by atoms with E-state index in [1.165, 1.54) is 0 Å². The first kappa shape index (κ1) is 16.8. The van der Waals surface area contributed by atoms with Gasteiger partial charge in [0.1, 0.15) is 0 Å². The third kappa shape index (κ3) is 3.78. The van der Waals surface area contributed by atoms with Crippen LogP contribution in [0.25, 0.3) is 5.65 Å². The van der Waals surface area contributed by atoms with Gasteiger partial charge in [-0.05, 0) is 37.5 Å². The van der Waals surface area contributed by atoms with E-state index >= 15 is 0 Å². The largest absolute Gasteiger partial charge is 0.346 e. The number of nitrogens with one attached hydrogen (secondary N) is 1. The van der Waals surface area contributed by atoms with E-state index < -0.39 is 0 Å². The molecule has 3 N–H and O–H groups in total. The van der Waals surface area contributed by atoms with Gasteiger partial charge in [-0.2, -0.15) is 11.8 Å². The van der Waals surface area contributed by atoms with Crippen LogP contribution < -0.4 is 11.1 Å². The van der Waals surface area contributed by atoms with E-state index in [-0.39, 0.29) is 23.9 Å². The van der Waals surface area contributed by atoms with Gasteiger partial charge in [-0.25, -0.2) is 0 Å². The quantitative estimate of drug-likeness (QED) is 0.809. The average Bonchev–Trinajstić information content (AvgIpc) is 2.94. The Kier molecular flexibility index (Phi) is 5.79. The lowest BCUT2D eigenvalue weighted by atomic mass is 10.0. The monoisotopic (exact) mass is 321 g/mol. The minimum atomic E-state index is -0.240. The van der Waals surface area contributed by atoms with Gasteiger partial charge in [-0.3, -0.25) is 9.20 Å². The molecule has 0 spiro atoms. The predicted molar refractivity (Wildman–Crippen MR) is 89.7 cm³/mol. The first-order valence-corrected chi connectivity index (χ1v) is 8.78. The van der Waals surface area contributed by atoms with Crippen LogP contribution in [0, 0.1) is 5.92 Å². The summed E-state index contributed by atoms with van der Waals surface area (Å²) in [4.78, 5) is 12.3. The fourth-order valence-electron chi connectivity index (χ4n) is 2.14. The van der Waals surface area contributed by atoms with Crippen LogP contribution in [0.1, 0.15) is 32.1 Å². The molecule has 0 radical (unpaired) electrons. The number of aromatic nitrogens is 3. The highest BCUT2D eigenvalue weighted by atomic mass is 32.2. The zero-order chi connectivity index (χ0) is 16.1. The normalized spacial score (nSPS) is 15.5. The number of carbonyl (C=O) groups excluding carboxylic acids is 1. The Labute approximate surface area is 134 Å². The molecule has 2 heterocycles. The molecule has 0 aliphatic carbocycles. The third-order valence-corrected chi connectivity index (χ3v) is 4.43. The van der Waals surface area contributed by atoms with Gasteiger partial charge in [0.15, 0.2) is 11.5 Å². The van der Waals surface area contributed by atoms with E-state index in [0.717, 1.165) is 23.6 Å². The maximum absolute atomic E-state index is 12.3. The van der Waals surface area contributed by atoms with Crippen LogP contribution >= 0.6 is 11.8 Å². The minimum Gasteiger partial charge on any atom is -0.346 e. The molecule has 1 amide bonds. The molecule has 7 heteroatoms. The molecule has 0 aromatic carbocycles. The fraction of sp³-hybridized carbons (Fsp3) is 0.533. The summed E-state index contributed by atoms with van der Waals surface area (Å²) in [5.74, 6) is 1.40. The van der Waals surface area contributed by atoms with Gasteiger partial charge in [0.05, 0.1) is 6.04 Å². The van der Waals surface area contributed by atoms with Crippen LogP contribution in [0.4, 0.5) is 0 Å². The van der Waals surface area contributed by atoms with E-state index in [0.29, 0.717) is 0 Å². The Hall–Kier alpha value is -1.60. The van der Waals surface area contributed by atoms with Crippen molar-refractivity contribution in [1.82, 2.24) is 19.9 Å². The maximum Gasteiger partial charge on any atom is 0.224 e. The van der Waals surface area contributed by atoms with Gasteiger partial charge >= 0.3 is 0 Å². The van der Waals surface area contributed by atoms with Crippen molar-refractivity contribution in [2.75, 3.05) is 12.0 Å². The topological polar surface area (TPSA) is 85.3 Å². The summed E-state index contributed by atoms with van der Waals surface area (Å²) in [5, 5.41) is 11.5. The number of pyridine rings is 1. The molecule has 0 aliphatic heterocycles. The summed E-state index contributed by atoms with van der Waals surface area (Å²) in [6, 6.07) is 5.39. The molecule has 0 bridgehead atoms. The summed E-state index contributed by atoms with van der Waals surface area (Å²) < 4.78 is 1.92. The van der Waals surface area contributed by atoms with Crippen LogP contribution in [0.15, 0.2) is 24.4 Å². The van der Waals surface area contributed by atoms with E-state index in [9.17, 15) is 4.79 Å². The van der Waals surface area contributed by atoms with Crippen molar-refractivity contribution in [2.45, 2.75) is 32.4 Å². The van der Waals surface area contributed by atoms with E-state index in [4.69, 9.17) is 5.73 Å². The minimum absolute atomic E-state index is 0.0474. The van der Waals surface area contributed by atoms with Crippen molar-refractivity contribution in [1.29, 1.82) is 0 Å². The zero-order valence-electron chi connectivity index (χ0n) is 13.2. The first-order valence-electron chi connectivity index (χ1n) is 7.39. The second-order valence-electron chi connectivity index (χ2n) is 5.48. The Morgan fingerprint density at radius 1 is 1.41 bits per heavy atom. The summed E-state index contributed by atoms with van der Waals surface area (Å²) in [7, 11) is 0. The van der Waals surface area contributed by atoms with Gasteiger partial charge in [0.2, 0.25) is 5.91 Å². The highest BCUT2D eigenvalue weighted by molar-refractivity contribution is 7.98. The second kappa shape index (κ2) is 7.60. The summed E-state index contributed by atoms with van der Waals surface area (Å²) >= 11 is 1.74. The van der Waals surface area contributed by atoms with Crippen molar-refractivity contribution >= 4 is 23.3 Å². The molecule has 2 rings (SSSR count). The first-order chi connectivity index (χ1) is 10.5. The molecular weight excluding hydrogens is 298 g/mol. The molecule has 3 atom stereocenters. The fourth-order valence-corrected chi connectivity index (χ4v) is 2.61. The second-order valence-corrected chi connectivity index (χ2v) is 6.46. The number of thioether (sulfide) groups is 1. The number of nitrogens with zero attached hydrogens (tertiary/aromatic N) is 3. The summed E-state index contributed by atoms with van der Waals surface area (Å²) in [6.45, 7) is 3.68. The van der Waals surface area contributed by atoms with Crippen molar-refractivity contribution < 1.29 is 4.79 Å². The van der Waals surface area contributed by atoms with Crippen LogP contribution in [-0.4, -0.2) is 38.6 Å². The Morgan fingerprint density at radius 3 is 2.86 bits per heavy atom. The Bertz CT molecular complexity index is 627. The number of fused-ring (bicyclic) bond motifs is 1. The SMILES string of the molecule is CSCCC(NC(=O)C(C)C(C)N)c1nnc2ccccn12. The van der Waals surface area contributed by atoms with Crippen molar-refractivity contribution in [3.05, 3.63) is 30.2 Å². The molecule has 3 unspecified atom stereocenters. The van der Waals surface area contributed by atoms with Crippen LogP contribution in [0.3, 0.4) is 0 Å². The van der Waals surface area contributed by atoms with Crippen LogP contribution in [0.5, 0.6) is 0 Å². The third-order valence-electron chi connectivity index (χ3n) is 3.78.